The van der Waals surface area contributed by atoms with Crippen molar-refractivity contribution in [1.82, 2.24) is 5.32 Å². The second-order valence-corrected chi connectivity index (χ2v) is 7.31. The lowest BCUT2D eigenvalue weighted by atomic mass is 10.1. The van der Waals surface area contributed by atoms with E-state index >= 15 is 0 Å². The average molecular weight is 370 g/mol. The van der Waals surface area contributed by atoms with Gasteiger partial charge in [-0.3, -0.25) is 0 Å². The van der Waals surface area contributed by atoms with Gasteiger partial charge in [0.15, 0.2) is 5.11 Å². The summed E-state index contributed by atoms with van der Waals surface area (Å²) in [6.07, 6.45) is 1.17. The van der Waals surface area contributed by atoms with Crippen molar-refractivity contribution in [2.24, 2.45) is 5.92 Å². The number of anilines is 2. The Morgan fingerprint density at radius 2 is 1.85 bits per heavy atom. The summed E-state index contributed by atoms with van der Waals surface area (Å²) in [5, 5.41) is 7.44. The normalized spacial score (nSPS) is 16.4. The van der Waals surface area contributed by atoms with Crippen LogP contribution < -0.4 is 20.3 Å². The summed E-state index contributed by atoms with van der Waals surface area (Å²) in [5.74, 6) is 1.49. The molecule has 0 aromatic heterocycles. The summed E-state index contributed by atoms with van der Waals surface area (Å²) in [5.41, 5.74) is 4.78. The van der Waals surface area contributed by atoms with Crippen molar-refractivity contribution in [2.45, 2.75) is 20.3 Å². The molecule has 4 nitrogen and oxygen atoms in total. The second kappa shape index (κ2) is 8.41. The summed E-state index contributed by atoms with van der Waals surface area (Å²) in [7, 11) is 1.70. The van der Waals surface area contributed by atoms with E-state index in [1.807, 2.05) is 12.1 Å². The summed E-state index contributed by atoms with van der Waals surface area (Å²) in [4.78, 5) is 2.42. The highest BCUT2D eigenvalue weighted by Gasteiger charge is 2.22. The minimum Gasteiger partial charge on any atom is -0.497 e. The number of hydrogen-bond donors (Lipinski definition) is 2. The van der Waals surface area contributed by atoms with Crippen LogP contribution in [0.2, 0.25) is 0 Å². The van der Waals surface area contributed by atoms with Gasteiger partial charge in [-0.1, -0.05) is 18.2 Å². The van der Waals surface area contributed by atoms with Crippen LogP contribution in [0.1, 0.15) is 17.5 Å². The van der Waals surface area contributed by atoms with Crippen molar-refractivity contribution in [3.63, 3.8) is 0 Å². The summed E-state index contributed by atoms with van der Waals surface area (Å²) >= 11 is 5.49. The number of methoxy groups -OCH3 is 1. The Hall–Kier alpha value is -2.27. The number of nitrogens with one attached hydrogen (secondary N) is 2. The Balaban J connectivity index is 1.49. The van der Waals surface area contributed by atoms with Crippen LogP contribution in [0, 0.1) is 19.8 Å². The number of thiocarbonyl (C=S) groups is 1. The van der Waals surface area contributed by atoms with Gasteiger partial charge in [-0.15, -0.1) is 0 Å². The number of nitrogens with zero attached hydrogens (tertiary/aromatic N) is 1. The third-order valence-electron chi connectivity index (χ3n) is 4.99. The van der Waals surface area contributed by atoms with E-state index in [0.29, 0.717) is 11.0 Å². The first kappa shape index (κ1) is 18.5. The van der Waals surface area contributed by atoms with Gasteiger partial charge < -0.3 is 20.3 Å². The van der Waals surface area contributed by atoms with Gasteiger partial charge in [0.25, 0.3) is 0 Å². The molecule has 1 fully saturated rings. The van der Waals surface area contributed by atoms with Gasteiger partial charge in [0.2, 0.25) is 0 Å². The first-order chi connectivity index (χ1) is 12.6. The standard InChI is InChI=1S/C21H27N3OS/c1-15-5-4-6-16(2)20(15)23-21(26)22-13-17-11-12-24(14-17)18-7-9-19(25-3)10-8-18/h4-10,17H,11-14H2,1-3H3,(H2,22,23,26)/t17-/m0/s1. The summed E-state index contributed by atoms with van der Waals surface area (Å²) in [6.45, 7) is 7.22. The molecular formula is C21H27N3OS. The first-order valence-corrected chi connectivity index (χ1v) is 9.47. The van der Waals surface area contributed by atoms with Crippen molar-refractivity contribution < 1.29 is 4.74 Å². The number of benzene rings is 2. The maximum atomic E-state index is 5.49. The Bertz CT molecular complexity index is 740. The van der Waals surface area contributed by atoms with Gasteiger partial charge in [0.1, 0.15) is 5.75 Å². The van der Waals surface area contributed by atoms with Gasteiger partial charge in [-0.2, -0.15) is 0 Å². The molecule has 1 heterocycles. The highest BCUT2D eigenvalue weighted by molar-refractivity contribution is 7.80. The van der Waals surface area contributed by atoms with Crippen LogP contribution in [-0.2, 0) is 0 Å². The molecule has 0 radical (unpaired) electrons. The van der Waals surface area contributed by atoms with Gasteiger partial charge >= 0.3 is 0 Å². The largest absolute Gasteiger partial charge is 0.497 e. The van der Waals surface area contributed by atoms with Crippen molar-refractivity contribution in [1.29, 1.82) is 0 Å². The molecule has 0 aliphatic carbocycles. The van der Waals surface area contributed by atoms with E-state index in [0.717, 1.165) is 31.1 Å². The van der Waals surface area contributed by atoms with Crippen molar-refractivity contribution in [3.8, 4) is 5.75 Å². The van der Waals surface area contributed by atoms with Gasteiger partial charge in [-0.05, 0) is 73.8 Å². The fourth-order valence-corrected chi connectivity index (χ4v) is 3.62. The highest BCUT2D eigenvalue weighted by atomic mass is 32.1. The number of aryl methyl sites for hydroxylation is 2. The quantitative estimate of drug-likeness (QED) is 0.775. The molecule has 0 saturated carbocycles. The lowest BCUT2D eigenvalue weighted by Crippen LogP contribution is -2.34. The minimum absolute atomic E-state index is 0.592. The molecule has 1 aliphatic rings. The molecular weight excluding hydrogens is 342 g/mol. The molecule has 0 amide bonds. The van der Waals surface area contributed by atoms with E-state index in [1.165, 1.54) is 23.2 Å². The number of hydrogen-bond acceptors (Lipinski definition) is 3. The van der Waals surface area contributed by atoms with Crippen LogP contribution in [0.25, 0.3) is 0 Å². The molecule has 2 aromatic carbocycles. The lowest BCUT2D eigenvalue weighted by Gasteiger charge is -2.20. The molecule has 5 heteroatoms. The third-order valence-corrected chi connectivity index (χ3v) is 5.24. The molecule has 2 N–H and O–H groups in total. The van der Waals surface area contributed by atoms with Crippen molar-refractivity contribution in [3.05, 3.63) is 53.6 Å². The van der Waals surface area contributed by atoms with Gasteiger partial charge in [0, 0.05) is 31.0 Å². The van der Waals surface area contributed by atoms with Crippen LogP contribution in [0.15, 0.2) is 42.5 Å². The average Bonchev–Trinajstić information content (AvgIpc) is 3.12. The highest BCUT2D eigenvalue weighted by Crippen LogP contribution is 2.25. The Labute approximate surface area is 161 Å². The summed E-state index contributed by atoms with van der Waals surface area (Å²) in [6, 6.07) is 14.6. The van der Waals surface area contributed by atoms with E-state index in [2.05, 4.69) is 59.7 Å². The van der Waals surface area contributed by atoms with Crippen LogP contribution in [0.5, 0.6) is 5.75 Å². The van der Waals surface area contributed by atoms with Crippen LogP contribution >= 0.6 is 12.2 Å². The van der Waals surface area contributed by atoms with Crippen molar-refractivity contribution in [2.75, 3.05) is 37.0 Å². The van der Waals surface area contributed by atoms with E-state index in [4.69, 9.17) is 17.0 Å². The molecule has 0 unspecified atom stereocenters. The minimum atomic E-state index is 0.592. The molecule has 138 valence electrons. The Morgan fingerprint density at radius 3 is 2.50 bits per heavy atom. The topological polar surface area (TPSA) is 36.5 Å². The smallest absolute Gasteiger partial charge is 0.170 e. The zero-order valence-electron chi connectivity index (χ0n) is 15.7. The molecule has 1 atom stereocenters. The molecule has 3 rings (SSSR count). The van der Waals surface area contributed by atoms with E-state index in [-0.39, 0.29) is 0 Å². The third kappa shape index (κ3) is 4.47. The van der Waals surface area contributed by atoms with Crippen LogP contribution in [0.3, 0.4) is 0 Å². The van der Waals surface area contributed by atoms with E-state index in [9.17, 15) is 0 Å². The molecule has 26 heavy (non-hydrogen) atoms. The van der Waals surface area contributed by atoms with Gasteiger partial charge in [0.05, 0.1) is 7.11 Å². The molecule has 1 saturated heterocycles. The van der Waals surface area contributed by atoms with Gasteiger partial charge in [-0.25, -0.2) is 0 Å². The number of rotatable bonds is 5. The van der Waals surface area contributed by atoms with E-state index < -0.39 is 0 Å². The molecule has 2 aromatic rings. The maximum Gasteiger partial charge on any atom is 0.170 e. The Morgan fingerprint density at radius 1 is 1.15 bits per heavy atom. The Kier molecular flexibility index (Phi) is 5.99. The summed E-state index contributed by atoms with van der Waals surface area (Å²) < 4.78 is 5.23. The number of para-hydroxylation sites is 1. The molecule has 0 bridgehead atoms. The predicted octanol–water partition coefficient (Wildman–Crippen LogP) is 4.12. The first-order valence-electron chi connectivity index (χ1n) is 9.07. The predicted molar refractivity (Wildman–Crippen MR) is 113 cm³/mol. The fourth-order valence-electron chi connectivity index (χ4n) is 3.43. The second-order valence-electron chi connectivity index (χ2n) is 6.90. The monoisotopic (exact) mass is 369 g/mol. The zero-order valence-corrected chi connectivity index (χ0v) is 16.5. The van der Waals surface area contributed by atoms with Crippen LogP contribution in [-0.4, -0.2) is 31.9 Å². The molecule has 1 aliphatic heterocycles. The van der Waals surface area contributed by atoms with Crippen LogP contribution in [0.4, 0.5) is 11.4 Å². The maximum absolute atomic E-state index is 5.49. The SMILES string of the molecule is COc1ccc(N2CC[C@@H](CNC(=S)Nc3c(C)cccc3C)C2)cc1. The zero-order chi connectivity index (χ0) is 18.5. The fraction of sp³-hybridized carbons (Fsp3) is 0.381. The van der Waals surface area contributed by atoms with E-state index in [1.54, 1.807) is 7.11 Å². The number of ether oxygens (including phenoxy) is 1. The lowest BCUT2D eigenvalue weighted by molar-refractivity contribution is 0.415. The van der Waals surface area contributed by atoms with Crippen molar-refractivity contribution >= 4 is 28.7 Å². The molecule has 0 spiro atoms.